The van der Waals surface area contributed by atoms with E-state index in [1.54, 1.807) is 12.1 Å². The van der Waals surface area contributed by atoms with Crippen molar-refractivity contribution in [1.82, 2.24) is 5.32 Å². The van der Waals surface area contributed by atoms with Gasteiger partial charge in [0.15, 0.2) is 0 Å². The highest BCUT2D eigenvalue weighted by Crippen LogP contribution is 2.19. The van der Waals surface area contributed by atoms with E-state index >= 15 is 0 Å². The monoisotopic (exact) mass is 323 g/mol. The van der Waals surface area contributed by atoms with E-state index in [1.807, 2.05) is 43.3 Å². The number of amides is 2. The van der Waals surface area contributed by atoms with Crippen molar-refractivity contribution in [3.63, 3.8) is 0 Å². The van der Waals surface area contributed by atoms with Gasteiger partial charge in [0.1, 0.15) is 0 Å². The number of aryl methyl sites for hydroxylation is 1. The van der Waals surface area contributed by atoms with Crippen LogP contribution in [-0.4, -0.2) is 24.4 Å². The van der Waals surface area contributed by atoms with Crippen molar-refractivity contribution in [2.24, 2.45) is 0 Å². The first-order chi connectivity index (χ1) is 11.6. The Morgan fingerprint density at radius 1 is 1.04 bits per heavy atom. The van der Waals surface area contributed by atoms with Crippen molar-refractivity contribution >= 4 is 23.2 Å². The van der Waals surface area contributed by atoms with E-state index in [0.717, 1.165) is 29.8 Å². The number of benzene rings is 2. The molecular formula is C19H21N3O2. The van der Waals surface area contributed by atoms with Gasteiger partial charge in [-0.2, -0.15) is 0 Å². The summed E-state index contributed by atoms with van der Waals surface area (Å²) in [6, 6.07) is 15.1. The molecular weight excluding hydrogens is 302 g/mol. The molecule has 0 heterocycles. The van der Waals surface area contributed by atoms with Crippen molar-refractivity contribution in [2.75, 3.05) is 17.2 Å². The summed E-state index contributed by atoms with van der Waals surface area (Å²) in [5.41, 5.74) is 3.28. The highest BCUT2D eigenvalue weighted by atomic mass is 16.2. The molecule has 1 aliphatic carbocycles. The lowest BCUT2D eigenvalue weighted by molar-refractivity contribution is -0.114. The Morgan fingerprint density at radius 2 is 1.75 bits per heavy atom. The summed E-state index contributed by atoms with van der Waals surface area (Å²) < 4.78 is 0. The van der Waals surface area contributed by atoms with Crippen LogP contribution < -0.4 is 16.0 Å². The first-order valence-corrected chi connectivity index (χ1v) is 8.12. The van der Waals surface area contributed by atoms with E-state index < -0.39 is 0 Å². The Morgan fingerprint density at radius 3 is 2.42 bits per heavy atom. The summed E-state index contributed by atoms with van der Waals surface area (Å²) in [6.07, 6.45) is 2.14. The fraction of sp³-hybridized carbons (Fsp3) is 0.263. The largest absolute Gasteiger partial charge is 0.376 e. The average molecular weight is 323 g/mol. The second kappa shape index (κ2) is 7.17. The highest BCUT2D eigenvalue weighted by Gasteiger charge is 2.23. The molecule has 0 spiro atoms. The van der Waals surface area contributed by atoms with Crippen molar-refractivity contribution in [3.05, 3.63) is 59.7 Å². The fourth-order valence-corrected chi connectivity index (χ4v) is 2.33. The zero-order valence-corrected chi connectivity index (χ0v) is 13.6. The molecule has 3 N–H and O–H groups in total. The minimum Gasteiger partial charge on any atom is -0.376 e. The normalized spacial score (nSPS) is 13.2. The summed E-state index contributed by atoms with van der Waals surface area (Å²) in [5.74, 6) is -0.152. The summed E-state index contributed by atoms with van der Waals surface area (Å²) in [6.45, 7) is 2.12. The molecule has 124 valence electrons. The zero-order valence-electron chi connectivity index (χ0n) is 13.6. The molecule has 24 heavy (non-hydrogen) atoms. The number of carbonyl (C=O) groups is 2. The third-order valence-corrected chi connectivity index (χ3v) is 3.93. The lowest BCUT2D eigenvalue weighted by atomic mass is 10.2. The van der Waals surface area contributed by atoms with Gasteiger partial charge in [-0.15, -0.1) is 0 Å². The van der Waals surface area contributed by atoms with Crippen molar-refractivity contribution in [2.45, 2.75) is 25.8 Å². The number of nitrogens with one attached hydrogen (secondary N) is 3. The first-order valence-electron chi connectivity index (χ1n) is 8.12. The number of hydrogen-bond acceptors (Lipinski definition) is 3. The Bertz CT molecular complexity index is 737. The van der Waals surface area contributed by atoms with E-state index in [-0.39, 0.29) is 18.4 Å². The van der Waals surface area contributed by atoms with Crippen LogP contribution in [0.4, 0.5) is 11.4 Å². The van der Waals surface area contributed by atoms with Gasteiger partial charge < -0.3 is 16.0 Å². The summed E-state index contributed by atoms with van der Waals surface area (Å²) >= 11 is 0. The van der Waals surface area contributed by atoms with Gasteiger partial charge in [0.05, 0.1) is 6.54 Å². The Labute approximate surface area is 141 Å². The molecule has 0 unspecified atom stereocenters. The molecule has 1 saturated carbocycles. The number of para-hydroxylation sites is 1. The summed E-state index contributed by atoms with van der Waals surface area (Å²) in [7, 11) is 0. The van der Waals surface area contributed by atoms with Gasteiger partial charge in [-0.3, -0.25) is 9.59 Å². The third-order valence-electron chi connectivity index (χ3n) is 3.93. The van der Waals surface area contributed by atoms with Crippen LogP contribution in [0.15, 0.2) is 48.5 Å². The highest BCUT2D eigenvalue weighted by molar-refractivity contribution is 5.96. The summed E-state index contributed by atoms with van der Waals surface area (Å²) in [4.78, 5) is 23.9. The van der Waals surface area contributed by atoms with Crippen molar-refractivity contribution < 1.29 is 9.59 Å². The van der Waals surface area contributed by atoms with Crippen LogP contribution in [0.25, 0.3) is 0 Å². The van der Waals surface area contributed by atoms with Gasteiger partial charge in [0, 0.05) is 23.0 Å². The molecule has 3 rings (SSSR count). The maximum Gasteiger partial charge on any atom is 0.251 e. The molecule has 5 heteroatoms. The van der Waals surface area contributed by atoms with Crippen LogP contribution >= 0.6 is 0 Å². The van der Waals surface area contributed by atoms with E-state index in [9.17, 15) is 9.59 Å². The van der Waals surface area contributed by atoms with E-state index in [0.29, 0.717) is 11.6 Å². The molecule has 5 nitrogen and oxygen atoms in total. The average Bonchev–Trinajstić information content (AvgIpc) is 3.39. The molecule has 2 aromatic rings. The maximum absolute atomic E-state index is 12.0. The molecule has 0 aliphatic heterocycles. The first kappa shape index (κ1) is 16.1. The Balaban J connectivity index is 1.50. The molecule has 0 atom stereocenters. The van der Waals surface area contributed by atoms with Crippen LogP contribution in [0.3, 0.4) is 0 Å². The third kappa shape index (κ3) is 4.35. The van der Waals surface area contributed by atoms with Crippen LogP contribution in [0.1, 0.15) is 28.8 Å². The van der Waals surface area contributed by atoms with E-state index in [1.165, 1.54) is 0 Å². The second-order valence-electron chi connectivity index (χ2n) is 6.04. The molecule has 1 fully saturated rings. The zero-order chi connectivity index (χ0) is 16.9. The Hall–Kier alpha value is -2.82. The lowest BCUT2D eigenvalue weighted by Gasteiger charge is -2.10. The van der Waals surface area contributed by atoms with Gasteiger partial charge in [0.25, 0.3) is 5.91 Å². The van der Waals surface area contributed by atoms with Gasteiger partial charge in [0.2, 0.25) is 5.91 Å². The van der Waals surface area contributed by atoms with Crippen molar-refractivity contribution in [1.29, 1.82) is 0 Å². The second-order valence-corrected chi connectivity index (χ2v) is 6.04. The topological polar surface area (TPSA) is 70.2 Å². The van der Waals surface area contributed by atoms with Crippen LogP contribution in [0.2, 0.25) is 0 Å². The molecule has 0 aromatic heterocycles. The van der Waals surface area contributed by atoms with Gasteiger partial charge >= 0.3 is 0 Å². The molecule has 2 amide bonds. The predicted molar refractivity (Wildman–Crippen MR) is 95.2 cm³/mol. The minimum absolute atomic E-state index is 0.0404. The van der Waals surface area contributed by atoms with Crippen LogP contribution in [-0.2, 0) is 4.79 Å². The number of hydrogen-bond donors (Lipinski definition) is 3. The van der Waals surface area contributed by atoms with Gasteiger partial charge in [-0.25, -0.2) is 0 Å². The maximum atomic E-state index is 12.0. The molecule has 0 bridgehead atoms. The van der Waals surface area contributed by atoms with E-state index in [2.05, 4.69) is 16.0 Å². The SMILES string of the molecule is Cc1ccccc1NC(=O)CNc1ccc(C(=O)NC2CC2)cc1. The van der Waals surface area contributed by atoms with Crippen molar-refractivity contribution in [3.8, 4) is 0 Å². The fourth-order valence-electron chi connectivity index (χ4n) is 2.33. The smallest absolute Gasteiger partial charge is 0.251 e. The van der Waals surface area contributed by atoms with E-state index in [4.69, 9.17) is 0 Å². The predicted octanol–water partition coefficient (Wildman–Crippen LogP) is 2.94. The quantitative estimate of drug-likeness (QED) is 0.765. The standard InChI is InChI=1S/C19H21N3O2/c1-13-4-2-3-5-17(13)22-18(23)12-20-15-8-6-14(7-9-15)19(24)21-16-10-11-16/h2-9,16,20H,10-12H2,1H3,(H,21,24)(H,22,23). The lowest BCUT2D eigenvalue weighted by Crippen LogP contribution is -2.25. The molecule has 0 radical (unpaired) electrons. The van der Waals surface area contributed by atoms with Gasteiger partial charge in [-0.05, 0) is 55.7 Å². The summed E-state index contributed by atoms with van der Waals surface area (Å²) in [5, 5.41) is 8.88. The molecule has 1 aliphatic rings. The number of rotatable bonds is 6. The minimum atomic E-state index is -0.111. The Kier molecular flexibility index (Phi) is 4.79. The number of carbonyl (C=O) groups excluding carboxylic acids is 2. The van der Waals surface area contributed by atoms with Gasteiger partial charge in [-0.1, -0.05) is 18.2 Å². The molecule has 2 aromatic carbocycles. The molecule has 0 saturated heterocycles. The van der Waals surface area contributed by atoms with Crippen LogP contribution in [0.5, 0.6) is 0 Å². The van der Waals surface area contributed by atoms with Crippen LogP contribution in [0, 0.1) is 6.92 Å². The number of anilines is 2.